The molecular weight excluding hydrogens is 272 g/mol. The molecule has 0 bridgehead atoms. The van der Waals surface area contributed by atoms with E-state index in [1.807, 2.05) is 30.3 Å². The molecule has 0 aromatic carbocycles. The van der Waals surface area contributed by atoms with E-state index in [1.165, 1.54) is 11.3 Å². The molecule has 20 heavy (non-hydrogen) atoms. The second-order valence-corrected chi connectivity index (χ2v) is 5.03. The molecule has 4 aromatic heterocycles. The van der Waals surface area contributed by atoms with Gasteiger partial charge >= 0.3 is 0 Å². The first-order valence-electron chi connectivity index (χ1n) is 5.96. The van der Waals surface area contributed by atoms with Crippen molar-refractivity contribution in [3.63, 3.8) is 0 Å². The molecule has 0 amide bonds. The third-order valence-electron chi connectivity index (χ3n) is 2.81. The van der Waals surface area contributed by atoms with Crippen molar-refractivity contribution >= 4 is 16.3 Å². The summed E-state index contributed by atoms with van der Waals surface area (Å²) in [7, 11) is 0. The summed E-state index contributed by atoms with van der Waals surface area (Å²) >= 11 is 1.49. The molecule has 4 aromatic rings. The lowest BCUT2D eigenvalue weighted by Gasteiger charge is -1.95. The van der Waals surface area contributed by atoms with Crippen LogP contribution >= 0.6 is 11.3 Å². The van der Waals surface area contributed by atoms with Crippen LogP contribution in [0.5, 0.6) is 0 Å². The number of hydrogen-bond acceptors (Lipinski definition) is 6. The van der Waals surface area contributed by atoms with Gasteiger partial charge in [0, 0.05) is 24.2 Å². The monoisotopic (exact) mass is 280 g/mol. The van der Waals surface area contributed by atoms with Crippen molar-refractivity contribution in [1.82, 2.24) is 29.8 Å². The van der Waals surface area contributed by atoms with Crippen LogP contribution in [-0.2, 0) is 0 Å². The van der Waals surface area contributed by atoms with Gasteiger partial charge in [0.15, 0.2) is 0 Å². The molecule has 0 spiro atoms. The Bertz CT molecular complexity index is 852. The molecule has 0 aliphatic rings. The quantitative estimate of drug-likeness (QED) is 0.563. The fourth-order valence-electron chi connectivity index (χ4n) is 1.88. The van der Waals surface area contributed by atoms with Crippen LogP contribution in [0.25, 0.3) is 27.1 Å². The first kappa shape index (κ1) is 11.2. The van der Waals surface area contributed by atoms with Gasteiger partial charge in [0.1, 0.15) is 10.7 Å². The summed E-state index contributed by atoms with van der Waals surface area (Å²) in [6, 6.07) is 9.52. The minimum Gasteiger partial charge on any atom is -0.265 e. The van der Waals surface area contributed by atoms with Crippen LogP contribution in [0.3, 0.4) is 0 Å². The summed E-state index contributed by atoms with van der Waals surface area (Å²) in [6.07, 6.45) is 5.22. The lowest BCUT2D eigenvalue weighted by atomic mass is 10.3. The van der Waals surface area contributed by atoms with E-state index in [2.05, 4.69) is 25.3 Å². The van der Waals surface area contributed by atoms with Crippen molar-refractivity contribution in [1.29, 1.82) is 0 Å². The molecule has 0 fully saturated rings. The lowest BCUT2D eigenvalue weighted by Crippen LogP contribution is -1.92. The van der Waals surface area contributed by atoms with Crippen molar-refractivity contribution in [2.75, 3.05) is 0 Å². The van der Waals surface area contributed by atoms with Crippen LogP contribution in [0.2, 0.25) is 0 Å². The van der Waals surface area contributed by atoms with Gasteiger partial charge in [-0.25, -0.2) is 0 Å². The molecule has 6 nitrogen and oxygen atoms in total. The molecule has 0 N–H and O–H groups in total. The van der Waals surface area contributed by atoms with E-state index in [0.717, 1.165) is 21.2 Å². The maximum Gasteiger partial charge on any atom is 0.235 e. The SMILES string of the molecule is c1ccc(-c2nnc3sc(-c4ccncc4)nn23)nc1. The van der Waals surface area contributed by atoms with E-state index < -0.39 is 0 Å². The zero-order chi connectivity index (χ0) is 13.4. The second kappa shape index (κ2) is 4.46. The van der Waals surface area contributed by atoms with Gasteiger partial charge in [-0.3, -0.25) is 9.97 Å². The highest BCUT2D eigenvalue weighted by Gasteiger charge is 2.14. The van der Waals surface area contributed by atoms with Crippen LogP contribution in [-0.4, -0.2) is 29.8 Å². The first-order valence-corrected chi connectivity index (χ1v) is 6.77. The predicted molar refractivity (Wildman–Crippen MR) is 75.1 cm³/mol. The largest absolute Gasteiger partial charge is 0.265 e. The Morgan fingerprint density at radius 3 is 2.65 bits per heavy atom. The van der Waals surface area contributed by atoms with Crippen molar-refractivity contribution in [3.8, 4) is 22.1 Å². The van der Waals surface area contributed by atoms with E-state index in [0.29, 0.717) is 5.82 Å². The molecule has 0 atom stereocenters. The number of aromatic nitrogens is 6. The maximum absolute atomic E-state index is 4.56. The van der Waals surface area contributed by atoms with Gasteiger partial charge in [-0.15, -0.1) is 10.2 Å². The Morgan fingerprint density at radius 2 is 1.85 bits per heavy atom. The zero-order valence-corrected chi connectivity index (χ0v) is 11.0. The van der Waals surface area contributed by atoms with Crippen molar-refractivity contribution < 1.29 is 0 Å². The summed E-state index contributed by atoms with van der Waals surface area (Å²) in [5, 5.41) is 13.7. The number of fused-ring (bicyclic) bond motifs is 1. The summed E-state index contributed by atoms with van der Waals surface area (Å²) in [4.78, 5) is 9.04. The average molecular weight is 280 g/mol. The minimum absolute atomic E-state index is 0.650. The molecule has 0 saturated carbocycles. The van der Waals surface area contributed by atoms with E-state index >= 15 is 0 Å². The number of pyridine rings is 2. The number of rotatable bonds is 2. The van der Waals surface area contributed by atoms with Gasteiger partial charge < -0.3 is 0 Å². The van der Waals surface area contributed by atoms with E-state index in [1.54, 1.807) is 23.1 Å². The predicted octanol–water partition coefficient (Wildman–Crippen LogP) is 2.31. The summed E-state index contributed by atoms with van der Waals surface area (Å²) in [5.41, 5.74) is 1.77. The van der Waals surface area contributed by atoms with Gasteiger partial charge in [0.05, 0.1) is 0 Å². The molecule has 7 heteroatoms. The summed E-state index contributed by atoms with van der Waals surface area (Å²) in [6.45, 7) is 0. The minimum atomic E-state index is 0.650. The number of nitrogens with zero attached hydrogens (tertiary/aromatic N) is 6. The fraction of sp³-hybridized carbons (Fsp3) is 0. The van der Waals surface area contributed by atoms with Gasteiger partial charge in [-0.05, 0) is 24.3 Å². The van der Waals surface area contributed by atoms with Crippen LogP contribution in [0.15, 0.2) is 48.9 Å². The first-order chi connectivity index (χ1) is 9.92. The van der Waals surface area contributed by atoms with Crippen LogP contribution in [0.1, 0.15) is 0 Å². The topological polar surface area (TPSA) is 68.9 Å². The van der Waals surface area contributed by atoms with Gasteiger partial charge in [0.25, 0.3) is 0 Å². The van der Waals surface area contributed by atoms with E-state index in [4.69, 9.17) is 0 Å². The van der Waals surface area contributed by atoms with Gasteiger partial charge in [-0.2, -0.15) is 9.61 Å². The van der Waals surface area contributed by atoms with Gasteiger partial charge in [-0.1, -0.05) is 17.4 Å². The Hall–Kier alpha value is -2.67. The second-order valence-electron chi connectivity index (χ2n) is 4.08. The average Bonchev–Trinajstić information content (AvgIpc) is 3.09. The van der Waals surface area contributed by atoms with E-state index in [9.17, 15) is 0 Å². The van der Waals surface area contributed by atoms with Crippen molar-refractivity contribution in [2.24, 2.45) is 0 Å². The number of hydrogen-bond donors (Lipinski definition) is 0. The molecule has 0 radical (unpaired) electrons. The van der Waals surface area contributed by atoms with Crippen molar-refractivity contribution in [3.05, 3.63) is 48.9 Å². The lowest BCUT2D eigenvalue weighted by molar-refractivity contribution is 0.961. The van der Waals surface area contributed by atoms with Gasteiger partial charge in [0.2, 0.25) is 10.8 Å². The Morgan fingerprint density at radius 1 is 0.950 bits per heavy atom. The zero-order valence-electron chi connectivity index (χ0n) is 10.2. The Labute approximate surface area is 117 Å². The highest BCUT2D eigenvalue weighted by atomic mass is 32.1. The van der Waals surface area contributed by atoms with Crippen LogP contribution in [0.4, 0.5) is 0 Å². The highest BCUT2D eigenvalue weighted by molar-refractivity contribution is 7.19. The normalized spacial score (nSPS) is 11.0. The molecule has 4 rings (SSSR count). The molecule has 96 valence electrons. The fourth-order valence-corrected chi connectivity index (χ4v) is 2.73. The maximum atomic E-state index is 4.56. The Balaban J connectivity index is 1.88. The Kier molecular flexibility index (Phi) is 2.49. The van der Waals surface area contributed by atoms with E-state index in [-0.39, 0.29) is 0 Å². The third kappa shape index (κ3) is 1.76. The van der Waals surface area contributed by atoms with Crippen LogP contribution in [0, 0.1) is 0 Å². The molecule has 0 unspecified atom stereocenters. The standard InChI is InChI=1S/C13H8N6S/c1-2-6-15-10(3-1)11-16-17-13-19(11)18-12(20-13)9-4-7-14-8-5-9/h1-8H. The smallest absolute Gasteiger partial charge is 0.235 e. The summed E-state index contributed by atoms with van der Waals surface area (Å²) < 4.78 is 1.72. The molecule has 4 heterocycles. The molecule has 0 aliphatic heterocycles. The molecule has 0 aliphatic carbocycles. The molecular formula is C13H8N6S. The summed E-state index contributed by atoms with van der Waals surface area (Å²) in [5.74, 6) is 0.650. The molecule has 0 saturated heterocycles. The van der Waals surface area contributed by atoms with Crippen LogP contribution < -0.4 is 0 Å². The van der Waals surface area contributed by atoms with Crippen molar-refractivity contribution in [2.45, 2.75) is 0 Å². The highest BCUT2D eigenvalue weighted by Crippen LogP contribution is 2.26. The third-order valence-corrected chi connectivity index (χ3v) is 3.76.